The molecule has 0 spiro atoms. The monoisotopic (exact) mass is 277 g/mol. The predicted octanol–water partition coefficient (Wildman–Crippen LogP) is 2.07. The van der Waals surface area contributed by atoms with Gasteiger partial charge < -0.3 is 10.2 Å². The fraction of sp³-hybridized carbons (Fsp3) is 0.154. The zero-order chi connectivity index (χ0) is 13.8. The summed E-state index contributed by atoms with van der Waals surface area (Å²) in [4.78, 5) is 12.4. The zero-order valence-electron chi connectivity index (χ0n) is 10.5. The largest absolute Gasteiger partial charge is 0.456 e. The Morgan fingerprint density at radius 2 is 2.21 bits per heavy atom. The van der Waals surface area contributed by atoms with Crippen molar-refractivity contribution in [3.8, 4) is 0 Å². The predicted molar refractivity (Wildman–Crippen MR) is 75.5 cm³/mol. The number of amides is 1. The van der Waals surface area contributed by atoms with E-state index in [0.29, 0.717) is 5.75 Å². The van der Waals surface area contributed by atoms with Crippen molar-refractivity contribution in [3.05, 3.63) is 47.4 Å². The van der Waals surface area contributed by atoms with Crippen LogP contribution in [-0.2, 0) is 5.75 Å². The molecule has 19 heavy (non-hydrogen) atoms. The van der Waals surface area contributed by atoms with E-state index in [1.54, 1.807) is 17.8 Å². The van der Waals surface area contributed by atoms with Crippen molar-refractivity contribution in [2.24, 2.45) is 5.84 Å². The Bertz CT molecular complexity index is 595. The number of hydrogen-bond acceptors (Lipinski definition) is 5. The molecule has 1 heterocycles. The van der Waals surface area contributed by atoms with Crippen LogP contribution in [0.25, 0.3) is 0 Å². The van der Waals surface area contributed by atoms with Crippen LogP contribution in [0.4, 0.5) is 5.69 Å². The van der Waals surface area contributed by atoms with Crippen molar-refractivity contribution in [2.75, 3.05) is 5.73 Å². The summed E-state index contributed by atoms with van der Waals surface area (Å²) in [6.07, 6.45) is 0. The van der Waals surface area contributed by atoms with Gasteiger partial charge in [0.25, 0.3) is 0 Å². The van der Waals surface area contributed by atoms with Gasteiger partial charge in [-0.05, 0) is 31.2 Å². The number of thioether (sulfide) groups is 1. The molecule has 2 rings (SSSR count). The van der Waals surface area contributed by atoms with Crippen molar-refractivity contribution in [2.45, 2.75) is 17.6 Å². The molecule has 0 radical (unpaired) electrons. The second kappa shape index (κ2) is 5.81. The first-order valence-electron chi connectivity index (χ1n) is 5.68. The summed E-state index contributed by atoms with van der Waals surface area (Å²) in [5.74, 6) is 6.29. The molecule has 0 bridgehead atoms. The van der Waals surface area contributed by atoms with Crippen LogP contribution < -0.4 is 17.0 Å². The summed E-state index contributed by atoms with van der Waals surface area (Å²) in [5.41, 5.74) is 9.47. The highest BCUT2D eigenvalue weighted by atomic mass is 32.2. The van der Waals surface area contributed by atoms with Gasteiger partial charge in [0.05, 0.1) is 0 Å². The first-order valence-corrected chi connectivity index (χ1v) is 6.67. The Morgan fingerprint density at radius 3 is 2.89 bits per heavy atom. The molecule has 0 unspecified atom stereocenters. The highest BCUT2D eigenvalue weighted by Gasteiger charge is 2.13. The van der Waals surface area contributed by atoms with Crippen molar-refractivity contribution < 1.29 is 9.21 Å². The van der Waals surface area contributed by atoms with E-state index >= 15 is 0 Å². The van der Waals surface area contributed by atoms with Crippen LogP contribution >= 0.6 is 11.8 Å². The van der Waals surface area contributed by atoms with Crippen LogP contribution in [0.1, 0.15) is 21.9 Å². The number of aryl methyl sites for hydroxylation is 1. The van der Waals surface area contributed by atoms with E-state index in [2.05, 4.69) is 0 Å². The Kier molecular flexibility index (Phi) is 4.13. The van der Waals surface area contributed by atoms with Crippen LogP contribution in [-0.4, -0.2) is 5.91 Å². The minimum Gasteiger partial charge on any atom is -0.456 e. The lowest BCUT2D eigenvalue weighted by Crippen LogP contribution is -2.29. The number of anilines is 1. The van der Waals surface area contributed by atoms with E-state index in [-0.39, 0.29) is 5.76 Å². The summed E-state index contributed by atoms with van der Waals surface area (Å²) in [6.45, 7) is 1.82. The van der Waals surface area contributed by atoms with E-state index in [9.17, 15) is 4.79 Å². The molecule has 100 valence electrons. The lowest BCUT2D eigenvalue weighted by atomic mass is 10.3. The van der Waals surface area contributed by atoms with E-state index < -0.39 is 5.91 Å². The van der Waals surface area contributed by atoms with Gasteiger partial charge in [-0.2, -0.15) is 0 Å². The lowest BCUT2D eigenvalue weighted by Gasteiger charge is -2.01. The fourth-order valence-electron chi connectivity index (χ4n) is 1.61. The number of hydrazine groups is 1. The van der Waals surface area contributed by atoms with Gasteiger partial charge in [0.2, 0.25) is 0 Å². The Labute approximate surface area is 115 Å². The standard InChI is InChI=1S/C13H15N3O2S/c1-8-9(5-12(18-8)13(17)16-15)7-19-11-4-2-3-10(14)6-11/h2-6H,7,14-15H2,1H3,(H,16,17). The van der Waals surface area contributed by atoms with Crippen LogP contribution in [0, 0.1) is 6.92 Å². The Hall–Kier alpha value is -1.92. The normalized spacial score (nSPS) is 10.4. The fourth-order valence-corrected chi connectivity index (χ4v) is 2.61. The van der Waals surface area contributed by atoms with Crippen LogP contribution in [0.5, 0.6) is 0 Å². The van der Waals surface area contributed by atoms with Crippen molar-refractivity contribution in [3.63, 3.8) is 0 Å². The lowest BCUT2D eigenvalue weighted by molar-refractivity contribution is 0.0924. The third-order valence-corrected chi connectivity index (χ3v) is 3.67. The smallest absolute Gasteiger partial charge is 0.300 e. The van der Waals surface area contributed by atoms with Crippen molar-refractivity contribution in [1.29, 1.82) is 0 Å². The average Bonchev–Trinajstić information content (AvgIpc) is 2.77. The minimum absolute atomic E-state index is 0.225. The molecule has 5 N–H and O–H groups in total. The molecule has 0 aliphatic rings. The third kappa shape index (κ3) is 3.30. The maximum Gasteiger partial charge on any atom is 0.300 e. The second-order valence-electron chi connectivity index (χ2n) is 4.03. The molecule has 0 fully saturated rings. The second-order valence-corrected chi connectivity index (χ2v) is 5.08. The Morgan fingerprint density at radius 1 is 1.42 bits per heavy atom. The number of carbonyl (C=O) groups excluding carboxylic acids is 1. The van der Waals surface area contributed by atoms with Gasteiger partial charge in [0.15, 0.2) is 5.76 Å². The summed E-state index contributed by atoms with van der Waals surface area (Å²) >= 11 is 1.63. The third-order valence-electron chi connectivity index (χ3n) is 2.63. The summed E-state index contributed by atoms with van der Waals surface area (Å²) < 4.78 is 5.35. The van der Waals surface area contributed by atoms with Gasteiger partial charge in [-0.1, -0.05) is 6.07 Å². The number of benzene rings is 1. The minimum atomic E-state index is -0.427. The summed E-state index contributed by atoms with van der Waals surface area (Å²) in [7, 11) is 0. The zero-order valence-corrected chi connectivity index (χ0v) is 11.3. The maximum atomic E-state index is 11.3. The number of nitrogens with two attached hydrogens (primary N) is 2. The number of nitrogen functional groups attached to an aromatic ring is 2. The quantitative estimate of drug-likeness (QED) is 0.261. The molecule has 0 atom stereocenters. The average molecular weight is 277 g/mol. The van der Waals surface area contributed by atoms with Gasteiger partial charge in [0.1, 0.15) is 5.76 Å². The number of hydrogen-bond donors (Lipinski definition) is 3. The molecular weight excluding hydrogens is 262 g/mol. The molecule has 1 aromatic heterocycles. The van der Waals surface area contributed by atoms with E-state index in [1.165, 1.54) is 0 Å². The number of nitrogens with one attached hydrogen (secondary N) is 1. The molecular formula is C13H15N3O2S. The van der Waals surface area contributed by atoms with Crippen LogP contribution in [0.2, 0.25) is 0 Å². The molecule has 1 amide bonds. The van der Waals surface area contributed by atoms with Gasteiger partial charge in [-0.15, -0.1) is 11.8 Å². The molecule has 1 aromatic carbocycles. The molecule has 6 heteroatoms. The Balaban J connectivity index is 2.07. The number of furan rings is 1. The van der Waals surface area contributed by atoms with Crippen LogP contribution in [0.15, 0.2) is 39.6 Å². The number of carbonyl (C=O) groups is 1. The molecule has 5 nitrogen and oxygen atoms in total. The molecule has 2 aromatic rings. The van der Waals surface area contributed by atoms with Crippen LogP contribution in [0.3, 0.4) is 0 Å². The van der Waals surface area contributed by atoms with E-state index in [4.69, 9.17) is 16.0 Å². The van der Waals surface area contributed by atoms with Crippen molar-refractivity contribution >= 4 is 23.4 Å². The first kappa shape index (κ1) is 13.5. The highest BCUT2D eigenvalue weighted by Crippen LogP contribution is 2.27. The highest BCUT2D eigenvalue weighted by molar-refractivity contribution is 7.98. The molecule has 0 aliphatic carbocycles. The molecule has 0 saturated heterocycles. The van der Waals surface area contributed by atoms with Gasteiger partial charge in [-0.3, -0.25) is 10.2 Å². The molecule has 0 aliphatic heterocycles. The topological polar surface area (TPSA) is 94.3 Å². The van der Waals surface area contributed by atoms with Gasteiger partial charge >= 0.3 is 5.91 Å². The SMILES string of the molecule is Cc1oc(C(=O)NN)cc1CSc1cccc(N)c1. The molecule has 0 saturated carbocycles. The summed E-state index contributed by atoms with van der Waals surface area (Å²) in [5, 5.41) is 0. The van der Waals surface area contributed by atoms with E-state index in [0.717, 1.165) is 21.9 Å². The maximum absolute atomic E-state index is 11.3. The van der Waals surface area contributed by atoms with Gasteiger partial charge in [-0.25, -0.2) is 5.84 Å². The van der Waals surface area contributed by atoms with Gasteiger partial charge in [0, 0.05) is 21.9 Å². The van der Waals surface area contributed by atoms with Crippen molar-refractivity contribution in [1.82, 2.24) is 5.43 Å². The first-order chi connectivity index (χ1) is 9.10. The summed E-state index contributed by atoms with van der Waals surface area (Å²) in [6, 6.07) is 9.36. The van der Waals surface area contributed by atoms with E-state index in [1.807, 2.05) is 36.6 Å². The number of rotatable bonds is 4.